The Bertz CT molecular complexity index is 298. The first kappa shape index (κ1) is 15.7. The number of hydrogen-bond donors (Lipinski definition) is 1. The highest BCUT2D eigenvalue weighted by molar-refractivity contribution is 7.11. The molecule has 0 spiro atoms. The molecule has 0 amide bonds. The van der Waals surface area contributed by atoms with Crippen molar-refractivity contribution in [2.24, 2.45) is 0 Å². The number of unbranched alkanes of at least 4 members (excludes halogenated alkanes) is 3. The minimum absolute atomic E-state index is 0.782. The Hall–Kier alpha value is -0.380. The third-order valence-electron chi connectivity index (χ3n) is 2.83. The lowest BCUT2D eigenvalue weighted by molar-refractivity contribution is 0.119. The Labute approximate surface area is 116 Å². The molecule has 2 nitrogen and oxygen atoms in total. The van der Waals surface area contributed by atoms with Crippen LogP contribution in [0.5, 0.6) is 0 Å². The molecule has 18 heavy (non-hydrogen) atoms. The lowest BCUT2D eigenvalue weighted by atomic mass is 10.2. The van der Waals surface area contributed by atoms with Crippen LogP contribution >= 0.6 is 11.3 Å². The number of rotatable bonds is 11. The first-order valence-electron chi connectivity index (χ1n) is 7.22. The van der Waals surface area contributed by atoms with E-state index in [9.17, 15) is 0 Å². The Kier molecular flexibility index (Phi) is 9.17. The SMILES string of the molecule is CCCCCCOCc1ccc(CNCCC)s1. The summed E-state index contributed by atoms with van der Waals surface area (Å²) in [4.78, 5) is 2.76. The molecule has 0 aliphatic carbocycles. The van der Waals surface area contributed by atoms with Crippen LogP contribution in [0.1, 0.15) is 55.7 Å². The van der Waals surface area contributed by atoms with Gasteiger partial charge in [0.25, 0.3) is 0 Å². The molecule has 104 valence electrons. The van der Waals surface area contributed by atoms with E-state index in [-0.39, 0.29) is 0 Å². The average molecular weight is 269 g/mol. The zero-order chi connectivity index (χ0) is 13.1. The minimum atomic E-state index is 0.782. The predicted molar refractivity (Wildman–Crippen MR) is 80.1 cm³/mol. The molecule has 0 saturated heterocycles. The van der Waals surface area contributed by atoms with Crippen LogP contribution in [0.4, 0.5) is 0 Å². The van der Waals surface area contributed by atoms with Crippen LogP contribution < -0.4 is 5.32 Å². The summed E-state index contributed by atoms with van der Waals surface area (Å²) in [6, 6.07) is 4.41. The van der Waals surface area contributed by atoms with Gasteiger partial charge in [0.1, 0.15) is 0 Å². The minimum Gasteiger partial charge on any atom is -0.376 e. The number of nitrogens with one attached hydrogen (secondary N) is 1. The van der Waals surface area contributed by atoms with Gasteiger partial charge in [0.05, 0.1) is 6.61 Å². The van der Waals surface area contributed by atoms with Crippen molar-refractivity contribution in [3.05, 3.63) is 21.9 Å². The first-order valence-corrected chi connectivity index (χ1v) is 8.04. The summed E-state index contributed by atoms with van der Waals surface area (Å²) in [5.74, 6) is 0. The molecule has 0 aliphatic rings. The highest BCUT2D eigenvalue weighted by atomic mass is 32.1. The highest BCUT2D eigenvalue weighted by Crippen LogP contribution is 2.17. The van der Waals surface area contributed by atoms with E-state index in [0.717, 1.165) is 26.3 Å². The molecule has 0 saturated carbocycles. The molecule has 0 aromatic carbocycles. The van der Waals surface area contributed by atoms with Gasteiger partial charge in [-0.2, -0.15) is 0 Å². The molecule has 1 aromatic rings. The second-order valence-corrected chi connectivity index (χ2v) is 5.91. The number of hydrogen-bond acceptors (Lipinski definition) is 3. The monoisotopic (exact) mass is 269 g/mol. The van der Waals surface area contributed by atoms with Crippen molar-refractivity contribution < 1.29 is 4.74 Å². The summed E-state index contributed by atoms with van der Waals surface area (Å²) < 4.78 is 5.70. The fourth-order valence-corrected chi connectivity index (χ4v) is 2.71. The van der Waals surface area contributed by atoms with Crippen LogP contribution in [0.3, 0.4) is 0 Å². The summed E-state index contributed by atoms with van der Waals surface area (Å²) in [6.45, 7) is 8.21. The van der Waals surface area contributed by atoms with Crippen molar-refractivity contribution in [3.8, 4) is 0 Å². The quantitative estimate of drug-likeness (QED) is 0.603. The lowest BCUT2D eigenvalue weighted by Gasteiger charge is -2.02. The summed E-state index contributed by atoms with van der Waals surface area (Å²) in [5.41, 5.74) is 0. The Morgan fingerprint density at radius 1 is 1.06 bits per heavy atom. The van der Waals surface area contributed by atoms with E-state index in [1.54, 1.807) is 0 Å². The van der Waals surface area contributed by atoms with Crippen LogP contribution in [0.25, 0.3) is 0 Å². The Balaban J connectivity index is 2.07. The van der Waals surface area contributed by atoms with Crippen molar-refractivity contribution in [2.75, 3.05) is 13.2 Å². The van der Waals surface area contributed by atoms with E-state index in [2.05, 4.69) is 31.3 Å². The normalized spacial score (nSPS) is 11.0. The van der Waals surface area contributed by atoms with Gasteiger partial charge in [-0.25, -0.2) is 0 Å². The van der Waals surface area contributed by atoms with Gasteiger partial charge in [0, 0.05) is 22.9 Å². The van der Waals surface area contributed by atoms with Gasteiger partial charge in [-0.05, 0) is 31.5 Å². The van der Waals surface area contributed by atoms with Gasteiger partial charge in [-0.3, -0.25) is 0 Å². The zero-order valence-electron chi connectivity index (χ0n) is 11.8. The molecule has 0 atom stereocenters. The molecular weight excluding hydrogens is 242 g/mol. The van der Waals surface area contributed by atoms with Crippen molar-refractivity contribution in [1.82, 2.24) is 5.32 Å². The molecule has 1 N–H and O–H groups in total. The third kappa shape index (κ3) is 7.14. The van der Waals surface area contributed by atoms with Crippen LogP contribution in [0.15, 0.2) is 12.1 Å². The smallest absolute Gasteiger partial charge is 0.0809 e. The largest absolute Gasteiger partial charge is 0.376 e. The van der Waals surface area contributed by atoms with E-state index in [1.807, 2.05) is 11.3 Å². The average Bonchev–Trinajstić information content (AvgIpc) is 2.82. The van der Waals surface area contributed by atoms with E-state index in [0.29, 0.717) is 0 Å². The molecule has 0 aliphatic heterocycles. The second-order valence-electron chi connectivity index (χ2n) is 4.66. The molecule has 1 heterocycles. The van der Waals surface area contributed by atoms with Crippen molar-refractivity contribution in [1.29, 1.82) is 0 Å². The molecule has 3 heteroatoms. The maximum absolute atomic E-state index is 5.70. The summed E-state index contributed by atoms with van der Waals surface area (Å²) >= 11 is 1.86. The topological polar surface area (TPSA) is 21.3 Å². The molecule has 0 fully saturated rings. The summed E-state index contributed by atoms with van der Waals surface area (Å²) in [6.07, 6.45) is 6.31. The fourth-order valence-electron chi connectivity index (χ4n) is 1.79. The predicted octanol–water partition coefficient (Wildman–Crippen LogP) is 4.34. The van der Waals surface area contributed by atoms with E-state index in [1.165, 1.54) is 41.9 Å². The van der Waals surface area contributed by atoms with Crippen molar-refractivity contribution >= 4 is 11.3 Å². The number of thiophene rings is 1. The highest BCUT2D eigenvalue weighted by Gasteiger charge is 2.00. The Morgan fingerprint density at radius 2 is 1.89 bits per heavy atom. The summed E-state index contributed by atoms with van der Waals surface area (Å²) in [5, 5.41) is 3.42. The molecule has 0 bridgehead atoms. The maximum atomic E-state index is 5.70. The first-order chi connectivity index (χ1) is 8.86. The second kappa shape index (κ2) is 10.5. The van der Waals surface area contributed by atoms with E-state index in [4.69, 9.17) is 4.74 Å². The maximum Gasteiger partial charge on any atom is 0.0809 e. The van der Waals surface area contributed by atoms with E-state index >= 15 is 0 Å². The molecule has 1 rings (SSSR count). The van der Waals surface area contributed by atoms with Gasteiger partial charge < -0.3 is 10.1 Å². The summed E-state index contributed by atoms with van der Waals surface area (Å²) in [7, 11) is 0. The molecule has 1 aromatic heterocycles. The van der Waals surface area contributed by atoms with Crippen LogP contribution in [-0.4, -0.2) is 13.2 Å². The van der Waals surface area contributed by atoms with Gasteiger partial charge in [-0.15, -0.1) is 11.3 Å². The van der Waals surface area contributed by atoms with Gasteiger partial charge >= 0.3 is 0 Å². The van der Waals surface area contributed by atoms with Gasteiger partial charge in [0.15, 0.2) is 0 Å². The standard InChI is InChI=1S/C15H27NOS/c1-3-5-6-7-11-17-13-15-9-8-14(18-15)12-16-10-4-2/h8-9,16H,3-7,10-13H2,1-2H3. The zero-order valence-corrected chi connectivity index (χ0v) is 12.7. The third-order valence-corrected chi connectivity index (χ3v) is 3.89. The van der Waals surface area contributed by atoms with Gasteiger partial charge in [-0.1, -0.05) is 33.1 Å². The van der Waals surface area contributed by atoms with Crippen molar-refractivity contribution in [3.63, 3.8) is 0 Å². The van der Waals surface area contributed by atoms with Crippen LogP contribution in [0.2, 0.25) is 0 Å². The number of ether oxygens (including phenoxy) is 1. The fraction of sp³-hybridized carbons (Fsp3) is 0.733. The van der Waals surface area contributed by atoms with E-state index < -0.39 is 0 Å². The van der Waals surface area contributed by atoms with Gasteiger partial charge in [0.2, 0.25) is 0 Å². The van der Waals surface area contributed by atoms with Crippen LogP contribution in [-0.2, 0) is 17.9 Å². The van der Waals surface area contributed by atoms with Crippen molar-refractivity contribution in [2.45, 2.75) is 59.1 Å². The molecule has 0 unspecified atom stereocenters. The molecule has 0 radical (unpaired) electrons. The Morgan fingerprint density at radius 3 is 2.67 bits per heavy atom. The van der Waals surface area contributed by atoms with Crippen LogP contribution in [0, 0.1) is 0 Å². The molecular formula is C15H27NOS. The lowest BCUT2D eigenvalue weighted by Crippen LogP contribution is -2.12.